The topological polar surface area (TPSA) is 36.4 Å². The standard InChI is InChI=1S/C19H20N2O/c1-14(2)21(13-15-7-4-3-5-8-15)18-12-11-16-9-6-10-17(22)19(16)20-18/h3-12,14,22H,13H2,1-2H3. The lowest BCUT2D eigenvalue weighted by molar-refractivity contribution is 0.480. The lowest BCUT2D eigenvalue weighted by Gasteiger charge is -2.28. The summed E-state index contributed by atoms with van der Waals surface area (Å²) in [6, 6.07) is 20.2. The third-order valence-corrected chi connectivity index (χ3v) is 3.80. The predicted molar refractivity (Wildman–Crippen MR) is 91.2 cm³/mol. The van der Waals surface area contributed by atoms with E-state index in [1.807, 2.05) is 42.5 Å². The molecule has 0 saturated carbocycles. The highest BCUT2D eigenvalue weighted by Gasteiger charge is 2.14. The van der Waals surface area contributed by atoms with Gasteiger partial charge in [-0.15, -0.1) is 0 Å². The number of aromatic nitrogens is 1. The molecule has 1 N–H and O–H groups in total. The first-order valence-corrected chi connectivity index (χ1v) is 7.54. The summed E-state index contributed by atoms with van der Waals surface area (Å²) in [5.41, 5.74) is 1.90. The van der Waals surface area contributed by atoms with Crippen LogP contribution in [0.5, 0.6) is 5.75 Å². The number of rotatable bonds is 4. The second kappa shape index (κ2) is 6.06. The van der Waals surface area contributed by atoms with Crippen LogP contribution < -0.4 is 4.90 Å². The van der Waals surface area contributed by atoms with Crippen LogP contribution in [0.2, 0.25) is 0 Å². The van der Waals surface area contributed by atoms with E-state index in [1.165, 1.54) is 5.56 Å². The fourth-order valence-electron chi connectivity index (χ4n) is 2.59. The first-order valence-electron chi connectivity index (χ1n) is 7.54. The first-order chi connectivity index (χ1) is 10.6. The van der Waals surface area contributed by atoms with E-state index in [2.05, 4.69) is 35.9 Å². The van der Waals surface area contributed by atoms with Crippen LogP contribution >= 0.6 is 0 Å². The van der Waals surface area contributed by atoms with Crippen molar-refractivity contribution in [2.45, 2.75) is 26.4 Å². The first kappa shape index (κ1) is 14.4. The summed E-state index contributed by atoms with van der Waals surface area (Å²) in [5.74, 6) is 1.11. The number of nitrogens with zero attached hydrogens (tertiary/aromatic N) is 2. The quantitative estimate of drug-likeness (QED) is 0.776. The van der Waals surface area contributed by atoms with E-state index in [0.717, 1.165) is 17.7 Å². The van der Waals surface area contributed by atoms with Crippen LogP contribution in [-0.2, 0) is 6.54 Å². The molecule has 0 amide bonds. The minimum absolute atomic E-state index is 0.225. The number of hydrogen-bond donors (Lipinski definition) is 1. The van der Waals surface area contributed by atoms with Gasteiger partial charge >= 0.3 is 0 Å². The Hall–Kier alpha value is -2.55. The van der Waals surface area contributed by atoms with Crippen LogP contribution in [0, 0.1) is 0 Å². The molecule has 0 unspecified atom stereocenters. The zero-order valence-corrected chi connectivity index (χ0v) is 12.9. The number of pyridine rings is 1. The van der Waals surface area contributed by atoms with Crippen LogP contribution in [0.1, 0.15) is 19.4 Å². The van der Waals surface area contributed by atoms with Gasteiger partial charge in [-0.2, -0.15) is 0 Å². The second-order valence-electron chi connectivity index (χ2n) is 5.73. The van der Waals surface area contributed by atoms with E-state index in [0.29, 0.717) is 11.6 Å². The molecule has 112 valence electrons. The van der Waals surface area contributed by atoms with E-state index < -0.39 is 0 Å². The van der Waals surface area contributed by atoms with Gasteiger partial charge in [-0.25, -0.2) is 4.98 Å². The Morgan fingerprint density at radius 3 is 2.45 bits per heavy atom. The van der Waals surface area contributed by atoms with Crippen molar-refractivity contribution in [1.82, 2.24) is 4.98 Å². The van der Waals surface area contributed by atoms with Gasteiger partial charge < -0.3 is 10.0 Å². The lowest BCUT2D eigenvalue weighted by atomic mass is 10.1. The molecule has 1 aromatic heterocycles. The fourth-order valence-corrected chi connectivity index (χ4v) is 2.59. The molecule has 2 aromatic carbocycles. The summed E-state index contributed by atoms with van der Waals surface area (Å²) in [5, 5.41) is 11.0. The van der Waals surface area contributed by atoms with Crippen molar-refractivity contribution in [3.05, 3.63) is 66.2 Å². The van der Waals surface area contributed by atoms with Gasteiger partial charge in [-0.05, 0) is 37.6 Å². The number of benzene rings is 2. The Morgan fingerprint density at radius 2 is 1.73 bits per heavy atom. The maximum Gasteiger partial charge on any atom is 0.141 e. The molecule has 0 aliphatic carbocycles. The smallest absolute Gasteiger partial charge is 0.141 e. The summed E-state index contributed by atoms with van der Waals surface area (Å²) in [6.07, 6.45) is 0. The van der Waals surface area contributed by atoms with Crippen molar-refractivity contribution in [3.63, 3.8) is 0 Å². The minimum atomic E-state index is 0.225. The Bertz CT molecular complexity index is 769. The van der Waals surface area contributed by atoms with Crippen LogP contribution in [0.4, 0.5) is 5.82 Å². The van der Waals surface area contributed by atoms with Gasteiger partial charge in [0, 0.05) is 18.0 Å². The molecule has 0 fully saturated rings. The molecule has 3 nitrogen and oxygen atoms in total. The number of para-hydroxylation sites is 1. The maximum atomic E-state index is 10.0. The highest BCUT2D eigenvalue weighted by Crippen LogP contribution is 2.26. The molecule has 0 atom stereocenters. The zero-order chi connectivity index (χ0) is 15.5. The van der Waals surface area contributed by atoms with Crippen molar-refractivity contribution in [1.29, 1.82) is 0 Å². The molecular formula is C19H20N2O. The molecule has 3 rings (SSSR count). The van der Waals surface area contributed by atoms with Gasteiger partial charge in [0.25, 0.3) is 0 Å². The fraction of sp³-hybridized carbons (Fsp3) is 0.211. The molecule has 0 aliphatic rings. The maximum absolute atomic E-state index is 10.0. The number of fused-ring (bicyclic) bond motifs is 1. The number of anilines is 1. The number of phenols is 1. The second-order valence-corrected chi connectivity index (χ2v) is 5.73. The Balaban J connectivity index is 2.00. The van der Waals surface area contributed by atoms with Gasteiger partial charge in [0.05, 0.1) is 0 Å². The summed E-state index contributed by atoms with van der Waals surface area (Å²) in [7, 11) is 0. The number of aromatic hydroxyl groups is 1. The van der Waals surface area contributed by atoms with Gasteiger partial charge in [-0.1, -0.05) is 42.5 Å². The van der Waals surface area contributed by atoms with Crippen LogP contribution in [0.25, 0.3) is 10.9 Å². The summed E-state index contributed by atoms with van der Waals surface area (Å²) in [4.78, 5) is 6.91. The van der Waals surface area contributed by atoms with E-state index >= 15 is 0 Å². The molecule has 3 aromatic rings. The average Bonchev–Trinajstić information content (AvgIpc) is 2.53. The molecule has 0 aliphatic heterocycles. The number of phenolic OH excluding ortho intramolecular Hbond substituents is 1. The number of hydrogen-bond acceptors (Lipinski definition) is 3. The SMILES string of the molecule is CC(C)N(Cc1ccccc1)c1ccc2cccc(O)c2n1. The third-order valence-electron chi connectivity index (χ3n) is 3.80. The highest BCUT2D eigenvalue weighted by molar-refractivity contribution is 5.85. The molecule has 0 saturated heterocycles. The van der Waals surface area contributed by atoms with Crippen LogP contribution in [0.15, 0.2) is 60.7 Å². The molecule has 0 bridgehead atoms. The van der Waals surface area contributed by atoms with E-state index in [1.54, 1.807) is 6.07 Å². The zero-order valence-electron chi connectivity index (χ0n) is 12.9. The van der Waals surface area contributed by atoms with Crippen molar-refractivity contribution in [2.75, 3.05) is 4.90 Å². The summed E-state index contributed by atoms with van der Waals surface area (Å²) >= 11 is 0. The Labute approximate surface area is 130 Å². The normalized spacial score (nSPS) is 11.0. The van der Waals surface area contributed by atoms with Crippen molar-refractivity contribution in [2.24, 2.45) is 0 Å². The van der Waals surface area contributed by atoms with Crippen LogP contribution in [0.3, 0.4) is 0 Å². The minimum Gasteiger partial charge on any atom is -0.506 e. The van der Waals surface area contributed by atoms with E-state index in [-0.39, 0.29) is 5.75 Å². The van der Waals surface area contributed by atoms with Crippen molar-refractivity contribution in [3.8, 4) is 5.75 Å². The van der Waals surface area contributed by atoms with Crippen molar-refractivity contribution < 1.29 is 5.11 Å². The van der Waals surface area contributed by atoms with Gasteiger partial charge in [0.2, 0.25) is 0 Å². The molecular weight excluding hydrogens is 272 g/mol. The molecule has 22 heavy (non-hydrogen) atoms. The van der Waals surface area contributed by atoms with Gasteiger partial charge in [-0.3, -0.25) is 0 Å². The van der Waals surface area contributed by atoms with Crippen molar-refractivity contribution >= 4 is 16.7 Å². The van der Waals surface area contributed by atoms with E-state index in [9.17, 15) is 5.11 Å². The average molecular weight is 292 g/mol. The van der Waals surface area contributed by atoms with Crippen LogP contribution in [-0.4, -0.2) is 16.1 Å². The predicted octanol–water partition coefficient (Wildman–Crippen LogP) is 4.36. The third kappa shape index (κ3) is 2.89. The molecule has 3 heteroatoms. The van der Waals surface area contributed by atoms with Gasteiger partial charge in [0.15, 0.2) is 0 Å². The molecule has 0 radical (unpaired) electrons. The lowest BCUT2D eigenvalue weighted by Crippen LogP contribution is -2.30. The summed E-state index contributed by atoms with van der Waals surface area (Å²) < 4.78 is 0. The Kier molecular flexibility index (Phi) is 3.96. The molecule has 1 heterocycles. The highest BCUT2D eigenvalue weighted by atomic mass is 16.3. The summed E-state index contributed by atoms with van der Waals surface area (Å²) in [6.45, 7) is 5.10. The van der Waals surface area contributed by atoms with E-state index in [4.69, 9.17) is 0 Å². The molecule has 0 spiro atoms. The largest absolute Gasteiger partial charge is 0.506 e. The Morgan fingerprint density at radius 1 is 0.955 bits per heavy atom. The monoisotopic (exact) mass is 292 g/mol. The van der Waals surface area contributed by atoms with Gasteiger partial charge in [0.1, 0.15) is 17.1 Å².